The molecule has 16 heavy (non-hydrogen) atoms. The number of aromatic amines is 1. The Morgan fingerprint density at radius 2 is 2.06 bits per heavy atom. The number of carboxylic acids is 1. The lowest BCUT2D eigenvalue weighted by atomic mass is 10.4. The second-order valence-electron chi connectivity index (χ2n) is 3.61. The molecule has 8 heteroatoms. The number of nitrogens with zero attached hydrogens (tertiary/aromatic N) is 1. The van der Waals surface area contributed by atoms with Gasteiger partial charge in [-0.2, -0.15) is 5.10 Å². The zero-order chi connectivity index (χ0) is 12.5. The quantitative estimate of drug-likeness (QED) is 0.698. The van der Waals surface area contributed by atoms with Crippen LogP contribution >= 0.6 is 0 Å². The summed E-state index contributed by atoms with van der Waals surface area (Å²) in [5, 5.41) is 14.6. The average molecular weight is 247 g/mol. The van der Waals surface area contributed by atoms with Crippen LogP contribution in [0.1, 0.15) is 30.0 Å². The molecular formula is C8H13N3O4S. The number of carbonyl (C=O) groups is 1. The molecule has 3 N–H and O–H groups in total. The van der Waals surface area contributed by atoms with E-state index in [4.69, 9.17) is 5.11 Å². The predicted molar refractivity (Wildman–Crippen MR) is 55.7 cm³/mol. The number of hydrogen-bond donors (Lipinski definition) is 3. The van der Waals surface area contributed by atoms with Crippen molar-refractivity contribution in [3.05, 3.63) is 11.4 Å². The molecule has 0 atom stereocenters. The number of aromatic carboxylic acids is 1. The second kappa shape index (κ2) is 4.22. The summed E-state index contributed by atoms with van der Waals surface area (Å²) in [6.45, 7) is 4.75. The van der Waals surface area contributed by atoms with Crippen molar-refractivity contribution in [3.8, 4) is 0 Å². The number of nitrogens with one attached hydrogen (secondary N) is 2. The maximum Gasteiger partial charge on any atom is 0.357 e. The van der Waals surface area contributed by atoms with E-state index in [0.29, 0.717) is 0 Å². The number of aryl methyl sites for hydroxylation is 1. The summed E-state index contributed by atoms with van der Waals surface area (Å²) in [6.07, 6.45) is 0. The standard InChI is InChI=1S/C8H13N3O4S/c1-4(2)11-16(14,15)7-5(3)9-10-6(7)8(12)13/h4,11H,1-3H3,(H,9,10)(H,12,13). The number of aromatic nitrogens is 2. The maximum absolute atomic E-state index is 11.8. The van der Waals surface area contributed by atoms with Crippen molar-refractivity contribution in [2.24, 2.45) is 0 Å². The van der Waals surface area contributed by atoms with Crippen LogP contribution in [0.2, 0.25) is 0 Å². The van der Waals surface area contributed by atoms with Crippen LogP contribution in [0, 0.1) is 6.92 Å². The van der Waals surface area contributed by atoms with E-state index in [-0.39, 0.29) is 16.6 Å². The van der Waals surface area contributed by atoms with E-state index >= 15 is 0 Å². The van der Waals surface area contributed by atoms with Gasteiger partial charge in [0.05, 0.1) is 5.69 Å². The number of rotatable bonds is 4. The van der Waals surface area contributed by atoms with Crippen molar-refractivity contribution in [2.75, 3.05) is 0 Å². The molecule has 0 saturated carbocycles. The summed E-state index contributed by atoms with van der Waals surface area (Å²) < 4.78 is 25.9. The van der Waals surface area contributed by atoms with Gasteiger partial charge in [0.1, 0.15) is 4.90 Å². The lowest BCUT2D eigenvalue weighted by molar-refractivity contribution is 0.0686. The molecule has 0 spiro atoms. The van der Waals surface area contributed by atoms with Crippen LogP contribution in [-0.4, -0.2) is 35.7 Å². The predicted octanol–water partition coefficient (Wildman–Crippen LogP) is 0.103. The minimum atomic E-state index is -3.85. The van der Waals surface area contributed by atoms with Gasteiger partial charge in [-0.3, -0.25) is 5.10 Å². The zero-order valence-electron chi connectivity index (χ0n) is 9.10. The fraction of sp³-hybridized carbons (Fsp3) is 0.500. The van der Waals surface area contributed by atoms with Crippen molar-refractivity contribution >= 4 is 16.0 Å². The molecule has 0 radical (unpaired) electrons. The lowest BCUT2D eigenvalue weighted by Gasteiger charge is -2.09. The first-order chi connectivity index (χ1) is 7.25. The molecule has 0 aliphatic rings. The molecule has 1 heterocycles. The van der Waals surface area contributed by atoms with E-state index in [1.54, 1.807) is 13.8 Å². The first-order valence-corrected chi connectivity index (χ1v) is 6.04. The number of hydrogen-bond acceptors (Lipinski definition) is 4. The van der Waals surface area contributed by atoms with Crippen LogP contribution in [-0.2, 0) is 10.0 Å². The van der Waals surface area contributed by atoms with E-state index in [9.17, 15) is 13.2 Å². The molecule has 7 nitrogen and oxygen atoms in total. The molecule has 1 rings (SSSR count). The summed E-state index contributed by atoms with van der Waals surface area (Å²) >= 11 is 0. The molecule has 0 saturated heterocycles. The van der Waals surface area contributed by atoms with E-state index in [1.807, 2.05) is 0 Å². The van der Waals surface area contributed by atoms with Gasteiger partial charge in [0.2, 0.25) is 10.0 Å². The van der Waals surface area contributed by atoms with E-state index < -0.39 is 21.7 Å². The molecule has 0 aromatic carbocycles. The molecule has 0 aliphatic carbocycles. The average Bonchev–Trinajstić information content (AvgIpc) is 2.44. The monoisotopic (exact) mass is 247 g/mol. The Balaban J connectivity index is 3.32. The molecule has 1 aromatic rings. The highest BCUT2D eigenvalue weighted by Gasteiger charge is 2.28. The van der Waals surface area contributed by atoms with Crippen molar-refractivity contribution in [3.63, 3.8) is 0 Å². The highest BCUT2D eigenvalue weighted by atomic mass is 32.2. The molecule has 0 fully saturated rings. The topological polar surface area (TPSA) is 112 Å². The van der Waals surface area contributed by atoms with E-state index in [1.165, 1.54) is 6.92 Å². The third kappa shape index (κ3) is 2.39. The lowest BCUT2D eigenvalue weighted by Crippen LogP contribution is -2.31. The third-order valence-electron chi connectivity index (χ3n) is 1.75. The first kappa shape index (κ1) is 12.7. The Morgan fingerprint density at radius 3 is 2.50 bits per heavy atom. The van der Waals surface area contributed by atoms with Crippen molar-refractivity contribution in [2.45, 2.75) is 31.7 Å². The first-order valence-electron chi connectivity index (χ1n) is 4.56. The summed E-state index contributed by atoms with van der Waals surface area (Å²) in [5.41, 5.74) is -0.295. The zero-order valence-corrected chi connectivity index (χ0v) is 9.92. The Bertz CT molecular complexity index is 503. The summed E-state index contributed by atoms with van der Waals surface area (Å²) in [4.78, 5) is 10.5. The highest BCUT2D eigenvalue weighted by molar-refractivity contribution is 7.89. The van der Waals surface area contributed by atoms with Gasteiger partial charge in [0.15, 0.2) is 5.69 Å². The van der Waals surface area contributed by atoms with Crippen LogP contribution in [0.4, 0.5) is 0 Å². The fourth-order valence-corrected chi connectivity index (χ4v) is 2.84. The number of carboxylic acid groups (broad SMARTS) is 1. The number of sulfonamides is 1. The van der Waals surface area contributed by atoms with Crippen molar-refractivity contribution < 1.29 is 18.3 Å². The van der Waals surface area contributed by atoms with Gasteiger partial charge in [-0.15, -0.1) is 0 Å². The molecule has 0 aliphatic heterocycles. The van der Waals surface area contributed by atoms with Gasteiger partial charge in [0, 0.05) is 6.04 Å². The molecule has 0 bridgehead atoms. The summed E-state index contributed by atoms with van der Waals surface area (Å²) in [5.74, 6) is -1.38. The Hall–Kier alpha value is -1.41. The van der Waals surface area contributed by atoms with Gasteiger partial charge >= 0.3 is 5.97 Å². The molecule has 0 amide bonds. The van der Waals surface area contributed by atoms with Crippen LogP contribution in [0.25, 0.3) is 0 Å². The fourth-order valence-electron chi connectivity index (χ4n) is 1.26. The number of H-pyrrole nitrogens is 1. The van der Waals surface area contributed by atoms with Crippen molar-refractivity contribution in [1.82, 2.24) is 14.9 Å². The van der Waals surface area contributed by atoms with E-state index in [0.717, 1.165) is 0 Å². The minimum Gasteiger partial charge on any atom is -0.476 e. The second-order valence-corrected chi connectivity index (χ2v) is 5.26. The van der Waals surface area contributed by atoms with Crippen LogP contribution in [0.5, 0.6) is 0 Å². The molecule has 90 valence electrons. The molecule has 1 aromatic heterocycles. The van der Waals surface area contributed by atoms with E-state index in [2.05, 4.69) is 14.9 Å². The maximum atomic E-state index is 11.8. The SMILES string of the molecule is Cc1[nH]nc(C(=O)O)c1S(=O)(=O)NC(C)C. The Morgan fingerprint density at radius 1 is 1.50 bits per heavy atom. The van der Waals surface area contributed by atoms with Gasteiger partial charge < -0.3 is 5.11 Å². The Kier molecular flexibility index (Phi) is 3.34. The summed E-state index contributed by atoms with van der Waals surface area (Å²) in [6, 6.07) is -0.319. The van der Waals surface area contributed by atoms with Crippen LogP contribution < -0.4 is 4.72 Å². The highest BCUT2D eigenvalue weighted by Crippen LogP contribution is 2.17. The smallest absolute Gasteiger partial charge is 0.357 e. The Labute approximate surface area is 92.9 Å². The van der Waals surface area contributed by atoms with Gasteiger partial charge in [-0.25, -0.2) is 17.9 Å². The largest absolute Gasteiger partial charge is 0.476 e. The third-order valence-corrected chi connectivity index (χ3v) is 3.57. The minimum absolute atomic E-state index is 0.200. The van der Waals surface area contributed by atoms with Crippen molar-refractivity contribution in [1.29, 1.82) is 0 Å². The van der Waals surface area contributed by atoms with Crippen LogP contribution in [0.15, 0.2) is 4.90 Å². The normalized spacial score (nSPS) is 12.0. The summed E-state index contributed by atoms with van der Waals surface area (Å²) in [7, 11) is -3.85. The van der Waals surface area contributed by atoms with Crippen LogP contribution in [0.3, 0.4) is 0 Å². The molecule has 0 unspecified atom stereocenters. The van der Waals surface area contributed by atoms with Gasteiger partial charge in [-0.1, -0.05) is 0 Å². The van der Waals surface area contributed by atoms with Gasteiger partial charge in [0.25, 0.3) is 0 Å². The van der Waals surface area contributed by atoms with Gasteiger partial charge in [-0.05, 0) is 20.8 Å². The molecular weight excluding hydrogens is 234 g/mol.